The lowest BCUT2D eigenvalue weighted by Crippen LogP contribution is -2.38. The highest BCUT2D eigenvalue weighted by Crippen LogP contribution is 2.28. The number of aryl methyl sites for hydroxylation is 1. The van der Waals surface area contributed by atoms with Gasteiger partial charge in [-0.15, -0.1) is 24.0 Å². The molecule has 0 bridgehead atoms. The van der Waals surface area contributed by atoms with Crippen molar-refractivity contribution in [2.45, 2.75) is 33.1 Å². The van der Waals surface area contributed by atoms with Gasteiger partial charge in [0.25, 0.3) is 0 Å². The average Bonchev–Trinajstić information content (AvgIpc) is 2.55. The van der Waals surface area contributed by atoms with Gasteiger partial charge >= 0.3 is 0 Å². The molecule has 1 aromatic rings. The molecule has 6 heteroatoms. The number of methoxy groups -OCH3 is 1. The first-order valence-electron chi connectivity index (χ1n) is 7.99. The first-order chi connectivity index (χ1) is 10.7. The molecule has 1 aromatic carbocycles. The molecule has 0 aliphatic carbocycles. The van der Waals surface area contributed by atoms with Crippen LogP contribution < -0.4 is 20.1 Å². The molecule has 0 aromatic heterocycles. The molecule has 0 unspecified atom stereocenters. The predicted molar refractivity (Wildman–Crippen MR) is 108 cm³/mol. The molecule has 1 rings (SSSR count). The van der Waals surface area contributed by atoms with Crippen molar-refractivity contribution in [3.63, 3.8) is 0 Å². The first kappa shape index (κ1) is 21.8. The van der Waals surface area contributed by atoms with Gasteiger partial charge in [0.05, 0.1) is 13.7 Å². The summed E-state index contributed by atoms with van der Waals surface area (Å²) in [7, 11) is 3.46. The number of ether oxygens (including phenoxy) is 2. The summed E-state index contributed by atoms with van der Waals surface area (Å²) in [5, 5.41) is 6.58. The quantitative estimate of drug-likeness (QED) is 0.271. The molecule has 0 spiro atoms. The van der Waals surface area contributed by atoms with E-state index in [1.54, 1.807) is 14.2 Å². The van der Waals surface area contributed by atoms with Crippen molar-refractivity contribution in [3.05, 3.63) is 23.8 Å². The molecule has 0 aliphatic heterocycles. The van der Waals surface area contributed by atoms with Crippen molar-refractivity contribution in [2.75, 3.05) is 33.9 Å². The largest absolute Gasteiger partial charge is 0.493 e. The van der Waals surface area contributed by atoms with Crippen LogP contribution >= 0.6 is 24.0 Å². The zero-order valence-electron chi connectivity index (χ0n) is 14.6. The third-order valence-corrected chi connectivity index (χ3v) is 3.23. The Morgan fingerprint density at radius 3 is 2.48 bits per heavy atom. The Labute approximate surface area is 157 Å². The number of nitrogens with zero attached hydrogens (tertiary/aromatic N) is 1. The van der Waals surface area contributed by atoms with Crippen LogP contribution in [0.3, 0.4) is 0 Å². The van der Waals surface area contributed by atoms with Crippen LogP contribution in [0, 0.1) is 0 Å². The summed E-state index contributed by atoms with van der Waals surface area (Å²) in [6.45, 7) is 6.58. The van der Waals surface area contributed by atoms with E-state index in [2.05, 4.69) is 34.7 Å². The number of rotatable bonds is 9. The van der Waals surface area contributed by atoms with Crippen molar-refractivity contribution in [1.82, 2.24) is 10.6 Å². The second-order valence-electron chi connectivity index (χ2n) is 4.95. The fourth-order valence-electron chi connectivity index (χ4n) is 2.11. The van der Waals surface area contributed by atoms with Gasteiger partial charge in [-0.3, -0.25) is 4.99 Å². The lowest BCUT2D eigenvalue weighted by Gasteiger charge is -2.12. The lowest BCUT2D eigenvalue weighted by atomic mass is 10.1. The van der Waals surface area contributed by atoms with Gasteiger partial charge in [-0.1, -0.05) is 13.0 Å². The number of hydrogen-bond donors (Lipinski definition) is 2. The van der Waals surface area contributed by atoms with Gasteiger partial charge in [0.15, 0.2) is 17.5 Å². The van der Waals surface area contributed by atoms with Crippen molar-refractivity contribution in [1.29, 1.82) is 0 Å². The van der Waals surface area contributed by atoms with Crippen molar-refractivity contribution in [2.24, 2.45) is 4.99 Å². The van der Waals surface area contributed by atoms with Gasteiger partial charge in [-0.2, -0.15) is 0 Å². The molecule has 23 heavy (non-hydrogen) atoms. The van der Waals surface area contributed by atoms with E-state index < -0.39 is 0 Å². The molecule has 0 saturated carbocycles. The zero-order valence-corrected chi connectivity index (χ0v) is 17.0. The van der Waals surface area contributed by atoms with E-state index >= 15 is 0 Å². The SMILES string of the molecule is CCCNC(=NC)NCCCc1ccc(OC)c(OCC)c1.I. The van der Waals surface area contributed by atoms with E-state index in [1.807, 2.05) is 13.0 Å². The Morgan fingerprint density at radius 1 is 1.13 bits per heavy atom. The van der Waals surface area contributed by atoms with E-state index in [0.717, 1.165) is 49.8 Å². The van der Waals surface area contributed by atoms with Gasteiger partial charge in [0.2, 0.25) is 0 Å². The number of nitrogens with one attached hydrogen (secondary N) is 2. The van der Waals surface area contributed by atoms with Crippen molar-refractivity contribution < 1.29 is 9.47 Å². The molecule has 0 aliphatic rings. The Morgan fingerprint density at radius 2 is 1.87 bits per heavy atom. The van der Waals surface area contributed by atoms with Crippen LogP contribution in [0.15, 0.2) is 23.2 Å². The second kappa shape index (κ2) is 13.3. The summed E-state index contributed by atoms with van der Waals surface area (Å²) in [4.78, 5) is 4.19. The number of aliphatic imine (C=N–C) groups is 1. The van der Waals surface area contributed by atoms with Crippen molar-refractivity contribution in [3.8, 4) is 11.5 Å². The highest BCUT2D eigenvalue weighted by atomic mass is 127. The Bertz CT molecular complexity index is 467. The number of halogens is 1. The maximum absolute atomic E-state index is 5.61. The van der Waals surface area contributed by atoms with Crippen LogP contribution in [0.5, 0.6) is 11.5 Å². The molecular formula is C17H30IN3O2. The normalized spacial score (nSPS) is 10.7. The molecule has 0 amide bonds. The van der Waals surface area contributed by atoms with Gasteiger partial charge in [-0.25, -0.2) is 0 Å². The van der Waals surface area contributed by atoms with Crippen LogP contribution in [-0.4, -0.2) is 39.8 Å². The molecule has 2 N–H and O–H groups in total. The predicted octanol–water partition coefficient (Wildman–Crippen LogP) is 3.22. The number of hydrogen-bond acceptors (Lipinski definition) is 3. The zero-order chi connectivity index (χ0) is 16.2. The summed E-state index contributed by atoms with van der Waals surface area (Å²) < 4.78 is 10.9. The van der Waals surface area contributed by atoms with Gasteiger partial charge in [-0.05, 0) is 43.9 Å². The first-order valence-corrected chi connectivity index (χ1v) is 7.99. The minimum atomic E-state index is 0. The van der Waals surface area contributed by atoms with E-state index in [0.29, 0.717) is 6.61 Å². The van der Waals surface area contributed by atoms with Crippen LogP contribution in [0.2, 0.25) is 0 Å². The van der Waals surface area contributed by atoms with Crippen molar-refractivity contribution >= 4 is 29.9 Å². The monoisotopic (exact) mass is 435 g/mol. The van der Waals surface area contributed by atoms with E-state index in [4.69, 9.17) is 9.47 Å². The van der Waals surface area contributed by atoms with E-state index in [9.17, 15) is 0 Å². The lowest BCUT2D eigenvalue weighted by molar-refractivity contribution is 0.310. The van der Waals surface area contributed by atoms with Crippen LogP contribution in [0.1, 0.15) is 32.3 Å². The fourth-order valence-corrected chi connectivity index (χ4v) is 2.11. The Hall–Kier alpha value is -1.18. The minimum Gasteiger partial charge on any atom is -0.493 e. The van der Waals surface area contributed by atoms with Gasteiger partial charge in [0, 0.05) is 20.1 Å². The number of benzene rings is 1. The smallest absolute Gasteiger partial charge is 0.190 e. The molecule has 0 saturated heterocycles. The third-order valence-electron chi connectivity index (χ3n) is 3.23. The summed E-state index contributed by atoms with van der Waals surface area (Å²) in [5.41, 5.74) is 1.25. The molecular weight excluding hydrogens is 405 g/mol. The second-order valence-corrected chi connectivity index (χ2v) is 4.95. The maximum Gasteiger partial charge on any atom is 0.190 e. The van der Waals surface area contributed by atoms with Crippen LogP contribution in [-0.2, 0) is 6.42 Å². The summed E-state index contributed by atoms with van der Waals surface area (Å²) in [6.07, 6.45) is 3.11. The van der Waals surface area contributed by atoms with Gasteiger partial charge in [0.1, 0.15) is 0 Å². The highest BCUT2D eigenvalue weighted by molar-refractivity contribution is 14.0. The van der Waals surface area contributed by atoms with Gasteiger partial charge < -0.3 is 20.1 Å². The molecule has 0 heterocycles. The van der Waals surface area contributed by atoms with Crippen LogP contribution in [0.25, 0.3) is 0 Å². The highest BCUT2D eigenvalue weighted by Gasteiger charge is 2.05. The fraction of sp³-hybridized carbons (Fsp3) is 0.588. The molecule has 5 nitrogen and oxygen atoms in total. The summed E-state index contributed by atoms with van der Waals surface area (Å²) in [5.74, 6) is 2.47. The van der Waals surface area contributed by atoms with E-state index in [1.165, 1.54) is 5.56 Å². The molecule has 0 atom stereocenters. The average molecular weight is 435 g/mol. The third kappa shape index (κ3) is 8.29. The summed E-state index contributed by atoms with van der Waals surface area (Å²) in [6, 6.07) is 6.12. The maximum atomic E-state index is 5.61. The standard InChI is InChI=1S/C17H29N3O2.HI/c1-5-11-19-17(18-3)20-12-7-8-14-9-10-15(21-4)16(13-14)22-6-2;/h9-10,13H,5-8,11-12H2,1-4H3,(H2,18,19,20);1H. The topological polar surface area (TPSA) is 54.9 Å². The summed E-state index contributed by atoms with van der Waals surface area (Å²) >= 11 is 0. The molecule has 132 valence electrons. The molecule has 0 fully saturated rings. The van der Waals surface area contributed by atoms with Crippen LogP contribution in [0.4, 0.5) is 0 Å². The Balaban J connectivity index is 0.00000484. The van der Waals surface area contributed by atoms with E-state index in [-0.39, 0.29) is 24.0 Å². The minimum absolute atomic E-state index is 0. The Kier molecular flexibility index (Phi) is 12.6. The number of guanidine groups is 1. The molecule has 0 radical (unpaired) electrons.